The minimum absolute atomic E-state index is 0.0612. The van der Waals surface area contributed by atoms with Crippen molar-refractivity contribution in [1.82, 2.24) is 10.3 Å². The second-order valence-electron chi connectivity index (χ2n) is 6.62. The van der Waals surface area contributed by atoms with Gasteiger partial charge in [-0.05, 0) is 23.8 Å². The van der Waals surface area contributed by atoms with Gasteiger partial charge in [0.05, 0.1) is 0 Å². The second kappa shape index (κ2) is 7.53. The first-order chi connectivity index (χ1) is 13.6. The molecule has 6 nitrogen and oxygen atoms in total. The molecule has 1 unspecified atom stereocenters. The molecule has 7 heteroatoms. The lowest BCUT2D eigenvalue weighted by Gasteiger charge is -2.21. The predicted molar refractivity (Wildman–Crippen MR) is 108 cm³/mol. The van der Waals surface area contributed by atoms with Crippen molar-refractivity contribution in [3.05, 3.63) is 71.7 Å². The summed E-state index contributed by atoms with van der Waals surface area (Å²) in [7, 11) is 0. The topological polar surface area (TPSA) is 82.5 Å². The van der Waals surface area contributed by atoms with E-state index in [2.05, 4.69) is 10.3 Å². The maximum absolute atomic E-state index is 12.7. The molecule has 1 saturated heterocycles. The highest BCUT2D eigenvalue weighted by atomic mass is 32.1. The van der Waals surface area contributed by atoms with Gasteiger partial charge in [-0.1, -0.05) is 36.4 Å². The van der Waals surface area contributed by atoms with Crippen LogP contribution in [0.15, 0.2) is 66.2 Å². The third-order valence-corrected chi connectivity index (χ3v) is 5.62. The van der Waals surface area contributed by atoms with Crippen LogP contribution in [0.1, 0.15) is 12.0 Å². The molecule has 142 valence electrons. The number of nitrogens with one attached hydrogen (secondary N) is 1. The lowest BCUT2D eigenvalue weighted by molar-refractivity contribution is -0.149. The average Bonchev–Trinajstić information content (AvgIpc) is 3.37. The molecule has 0 radical (unpaired) electrons. The highest BCUT2D eigenvalue weighted by Gasteiger charge is 2.51. The summed E-state index contributed by atoms with van der Waals surface area (Å²) in [5, 5.41) is 16.2. The maximum Gasteiger partial charge on any atom is 0.268 e. The van der Waals surface area contributed by atoms with E-state index in [-0.39, 0.29) is 13.0 Å². The molecular formula is C21H19N3O3S. The van der Waals surface area contributed by atoms with E-state index >= 15 is 0 Å². The van der Waals surface area contributed by atoms with Crippen molar-refractivity contribution in [2.75, 3.05) is 11.4 Å². The lowest BCUT2D eigenvalue weighted by Crippen LogP contribution is -2.52. The number of hydrogen-bond acceptors (Lipinski definition) is 5. The first kappa shape index (κ1) is 18.3. The fraction of sp³-hybridized carbons (Fsp3) is 0.190. The SMILES string of the molecule is O=C(NCc1cccc(-c2nccs2)c1)C1(O)CCN(c2ccccc2)C1=O. The molecule has 0 aliphatic carbocycles. The molecule has 0 spiro atoms. The molecule has 1 aliphatic heterocycles. The molecule has 0 saturated carbocycles. The summed E-state index contributed by atoms with van der Waals surface area (Å²) in [5.41, 5.74) is 0.470. The van der Waals surface area contributed by atoms with E-state index in [1.165, 1.54) is 16.2 Å². The average molecular weight is 393 g/mol. The Bertz CT molecular complexity index is 991. The van der Waals surface area contributed by atoms with E-state index in [1.54, 1.807) is 18.3 Å². The smallest absolute Gasteiger partial charge is 0.268 e. The first-order valence-electron chi connectivity index (χ1n) is 8.94. The monoisotopic (exact) mass is 393 g/mol. The summed E-state index contributed by atoms with van der Waals surface area (Å²) in [4.78, 5) is 31.1. The Morgan fingerprint density at radius 1 is 1.21 bits per heavy atom. The molecule has 1 aliphatic rings. The van der Waals surface area contributed by atoms with E-state index < -0.39 is 17.4 Å². The molecule has 1 atom stereocenters. The molecule has 3 aromatic rings. The van der Waals surface area contributed by atoms with Crippen LogP contribution in [0.25, 0.3) is 10.6 Å². The number of benzene rings is 2. The molecule has 2 aromatic carbocycles. The number of amides is 2. The number of thiazole rings is 1. The fourth-order valence-electron chi connectivity index (χ4n) is 3.28. The maximum atomic E-state index is 12.7. The van der Waals surface area contributed by atoms with E-state index in [9.17, 15) is 14.7 Å². The zero-order valence-corrected chi connectivity index (χ0v) is 15.9. The van der Waals surface area contributed by atoms with Gasteiger partial charge < -0.3 is 15.3 Å². The molecule has 28 heavy (non-hydrogen) atoms. The summed E-state index contributed by atoms with van der Waals surface area (Å²) < 4.78 is 0. The standard InChI is InChI=1S/C21H19N3O3S/c25-19(21(27)9-11-24(20(21)26)17-7-2-1-3-8-17)23-14-15-5-4-6-16(13-15)18-22-10-12-28-18/h1-8,10,12-13,27H,9,11,14H2,(H,23,25). The number of aliphatic hydroxyl groups is 1. The van der Waals surface area contributed by atoms with Crippen LogP contribution in [0.5, 0.6) is 0 Å². The van der Waals surface area contributed by atoms with Gasteiger partial charge in [-0.3, -0.25) is 9.59 Å². The third-order valence-electron chi connectivity index (χ3n) is 4.80. The Hall–Kier alpha value is -3.03. The van der Waals surface area contributed by atoms with Gasteiger partial charge in [-0.2, -0.15) is 0 Å². The van der Waals surface area contributed by atoms with Crippen molar-refractivity contribution in [3.8, 4) is 10.6 Å². The van der Waals surface area contributed by atoms with Crippen molar-refractivity contribution in [2.45, 2.75) is 18.6 Å². The zero-order valence-electron chi connectivity index (χ0n) is 15.0. The number of nitrogens with zero attached hydrogens (tertiary/aromatic N) is 2. The highest BCUT2D eigenvalue weighted by Crippen LogP contribution is 2.28. The largest absolute Gasteiger partial charge is 0.372 e. The van der Waals surface area contributed by atoms with Crippen LogP contribution in [-0.2, 0) is 16.1 Å². The Morgan fingerprint density at radius 3 is 2.79 bits per heavy atom. The number of rotatable bonds is 5. The fourth-order valence-corrected chi connectivity index (χ4v) is 3.91. The Labute approximate surface area is 166 Å². The molecule has 2 heterocycles. The van der Waals surface area contributed by atoms with Crippen LogP contribution < -0.4 is 10.2 Å². The summed E-state index contributed by atoms with van der Waals surface area (Å²) in [6.07, 6.45) is 1.81. The van der Waals surface area contributed by atoms with Gasteiger partial charge in [0.2, 0.25) is 5.60 Å². The quantitative estimate of drug-likeness (QED) is 0.653. The summed E-state index contributed by atoms with van der Waals surface area (Å²) in [6.45, 7) is 0.519. The first-order valence-corrected chi connectivity index (χ1v) is 9.82. The van der Waals surface area contributed by atoms with Gasteiger partial charge >= 0.3 is 0 Å². The number of hydrogen-bond donors (Lipinski definition) is 2. The molecule has 2 N–H and O–H groups in total. The minimum atomic E-state index is -2.04. The van der Waals surface area contributed by atoms with Gasteiger partial charge in [0.15, 0.2) is 0 Å². The van der Waals surface area contributed by atoms with E-state index in [0.29, 0.717) is 12.2 Å². The van der Waals surface area contributed by atoms with Crippen molar-refractivity contribution < 1.29 is 14.7 Å². The molecular weight excluding hydrogens is 374 g/mol. The number of anilines is 1. The van der Waals surface area contributed by atoms with Crippen LogP contribution in [0.2, 0.25) is 0 Å². The summed E-state index contributed by atoms with van der Waals surface area (Å²) >= 11 is 1.54. The third kappa shape index (κ3) is 3.42. The van der Waals surface area contributed by atoms with Gasteiger partial charge in [-0.15, -0.1) is 11.3 Å². The van der Waals surface area contributed by atoms with Gasteiger partial charge in [0.1, 0.15) is 5.01 Å². The van der Waals surface area contributed by atoms with Crippen LogP contribution in [0.4, 0.5) is 5.69 Å². The molecule has 4 rings (SSSR count). The molecule has 2 amide bonds. The number of carbonyl (C=O) groups is 2. The highest BCUT2D eigenvalue weighted by molar-refractivity contribution is 7.13. The van der Waals surface area contributed by atoms with Crippen LogP contribution >= 0.6 is 11.3 Å². The van der Waals surface area contributed by atoms with Crippen molar-refractivity contribution in [1.29, 1.82) is 0 Å². The van der Waals surface area contributed by atoms with Crippen molar-refractivity contribution in [3.63, 3.8) is 0 Å². The van der Waals surface area contributed by atoms with Crippen molar-refractivity contribution in [2.24, 2.45) is 0 Å². The Balaban J connectivity index is 1.44. The van der Waals surface area contributed by atoms with Gasteiger partial charge in [0, 0.05) is 42.3 Å². The molecule has 1 fully saturated rings. The molecule has 0 bridgehead atoms. The molecule has 1 aromatic heterocycles. The van der Waals surface area contributed by atoms with Crippen LogP contribution in [0, 0.1) is 0 Å². The summed E-state index contributed by atoms with van der Waals surface area (Å²) in [5.74, 6) is -1.26. The number of carbonyl (C=O) groups excluding carboxylic acids is 2. The number of aromatic nitrogens is 1. The van der Waals surface area contributed by atoms with Gasteiger partial charge in [-0.25, -0.2) is 4.98 Å². The second-order valence-corrected chi connectivity index (χ2v) is 7.52. The van der Waals surface area contributed by atoms with Crippen molar-refractivity contribution >= 4 is 28.8 Å². The number of para-hydroxylation sites is 1. The van der Waals surface area contributed by atoms with E-state index in [4.69, 9.17) is 0 Å². The normalized spacial score (nSPS) is 19.0. The van der Waals surface area contributed by atoms with Crippen LogP contribution in [-0.4, -0.2) is 34.1 Å². The van der Waals surface area contributed by atoms with E-state index in [1.807, 2.05) is 47.8 Å². The van der Waals surface area contributed by atoms with Gasteiger partial charge in [0.25, 0.3) is 11.8 Å². The minimum Gasteiger partial charge on any atom is -0.372 e. The van der Waals surface area contributed by atoms with Crippen LogP contribution in [0.3, 0.4) is 0 Å². The van der Waals surface area contributed by atoms with E-state index in [0.717, 1.165) is 16.1 Å². The Kier molecular flexibility index (Phi) is 4.93. The zero-order chi connectivity index (χ0) is 19.6. The predicted octanol–water partition coefficient (Wildman–Crippen LogP) is 2.59. The lowest BCUT2D eigenvalue weighted by atomic mass is 10.0. The summed E-state index contributed by atoms with van der Waals surface area (Å²) in [6, 6.07) is 16.7. The Morgan fingerprint density at radius 2 is 2.04 bits per heavy atom.